The Kier molecular flexibility index (Phi) is 3.74. The Morgan fingerprint density at radius 1 is 0.625 bits per heavy atom. The topological polar surface area (TPSA) is 190 Å². The highest BCUT2D eigenvalue weighted by Gasteiger charge is 2.34. The molecule has 0 aromatic heterocycles. The third-order valence-corrected chi connectivity index (χ3v) is 3.28. The van der Waals surface area contributed by atoms with Gasteiger partial charge < -0.3 is 30.6 Å². The second-order valence-corrected chi connectivity index (χ2v) is 4.58. The summed E-state index contributed by atoms with van der Waals surface area (Å²) >= 11 is 0. The molecule has 10 nitrogen and oxygen atoms in total. The van der Waals surface area contributed by atoms with Crippen LogP contribution in [0.3, 0.4) is 0 Å². The molecule has 6 N–H and O–H groups in total. The van der Waals surface area contributed by atoms with Crippen molar-refractivity contribution in [2.75, 3.05) is 0 Å². The van der Waals surface area contributed by atoms with Gasteiger partial charge in [0.25, 0.3) is 0 Å². The van der Waals surface area contributed by atoms with Crippen molar-refractivity contribution in [2.24, 2.45) is 0 Å². The molecule has 0 aliphatic carbocycles. The van der Waals surface area contributed by atoms with E-state index in [4.69, 9.17) is 0 Å². The summed E-state index contributed by atoms with van der Waals surface area (Å²) in [5, 5.41) is 55.0. The summed E-state index contributed by atoms with van der Waals surface area (Å²) in [6.45, 7) is 0. The third kappa shape index (κ3) is 2.22. The molecule has 0 spiro atoms. The fourth-order valence-corrected chi connectivity index (χ4v) is 2.41. The van der Waals surface area contributed by atoms with Crippen LogP contribution in [-0.2, 0) is 0 Å². The molecule has 0 radical (unpaired) electrons. The van der Waals surface area contributed by atoms with Crippen LogP contribution >= 0.6 is 0 Å². The molecule has 0 saturated carbocycles. The number of carboxylic acids is 4. The maximum absolute atomic E-state index is 11.5. The van der Waals surface area contributed by atoms with Gasteiger partial charge in [-0.1, -0.05) is 0 Å². The SMILES string of the molecule is O=C(O)c1c(C(=O)O)c(C(=O)O)c2c(O)c(O)ccc2c1C(=O)O. The van der Waals surface area contributed by atoms with E-state index in [0.717, 1.165) is 12.1 Å². The lowest BCUT2D eigenvalue weighted by atomic mass is 9.88. The van der Waals surface area contributed by atoms with Crippen LogP contribution in [0.25, 0.3) is 10.8 Å². The number of rotatable bonds is 4. The molecule has 0 atom stereocenters. The van der Waals surface area contributed by atoms with Crippen molar-refractivity contribution in [3.63, 3.8) is 0 Å². The largest absolute Gasteiger partial charge is 0.504 e. The minimum absolute atomic E-state index is 0.544. The molecule has 2 rings (SSSR count). The Hall–Kier alpha value is -3.82. The van der Waals surface area contributed by atoms with Gasteiger partial charge in [0.2, 0.25) is 0 Å². The molecule has 0 fully saturated rings. The van der Waals surface area contributed by atoms with Gasteiger partial charge in [0.05, 0.1) is 22.3 Å². The number of fused-ring (bicyclic) bond motifs is 1. The van der Waals surface area contributed by atoms with Crippen molar-refractivity contribution in [1.29, 1.82) is 0 Å². The quantitative estimate of drug-likeness (QED) is 0.440. The lowest BCUT2D eigenvalue weighted by molar-refractivity contribution is 0.0621. The summed E-state index contributed by atoms with van der Waals surface area (Å²) in [7, 11) is 0. The summed E-state index contributed by atoms with van der Waals surface area (Å²) in [5.74, 6) is -9.66. The number of phenols is 2. The van der Waals surface area contributed by atoms with E-state index in [2.05, 4.69) is 0 Å². The highest BCUT2D eigenvalue weighted by molar-refractivity contribution is 6.24. The van der Waals surface area contributed by atoms with E-state index < -0.39 is 68.4 Å². The van der Waals surface area contributed by atoms with Crippen LogP contribution in [0.2, 0.25) is 0 Å². The average molecular weight is 336 g/mol. The van der Waals surface area contributed by atoms with Crippen LogP contribution in [0.1, 0.15) is 41.4 Å². The maximum Gasteiger partial charge on any atom is 0.337 e. The summed E-state index contributed by atoms with van der Waals surface area (Å²) < 4.78 is 0. The smallest absolute Gasteiger partial charge is 0.337 e. The molecular formula is C14H8O10. The summed E-state index contributed by atoms with van der Waals surface area (Å²) in [5.41, 5.74) is -4.73. The summed E-state index contributed by atoms with van der Waals surface area (Å²) in [4.78, 5) is 45.7. The van der Waals surface area contributed by atoms with Crippen LogP contribution in [-0.4, -0.2) is 54.5 Å². The lowest BCUT2D eigenvalue weighted by Crippen LogP contribution is -2.20. The first kappa shape index (κ1) is 16.5. The van der Waals surface area contributed by atoms with E-state index in [-0.39, 0.29) is 0 Å². The number of aromatic carboxylic acids is 4. The van der Waals surface area contributed by atoms with Crippen LogP contribution in [0, 0.1) is 0 Å². The molecule has 0 amide bonds. The molecule has 24 heavy (non-hydrogen) atoms. The van der Waals surface area contributed by atoms with Gasteiger partial charge in [-0.15, -0.1) is 0 Å². The summed E-state index contributed by atoms with van der Waals surface area (Å²) in [6.07, 6.45) is 0. The number of phenolic OH excluding ortho intramolecular Hbond substituents is 2. The monoisotopic (exact) mass is 336 g/mol. The molecular weight excluding hydrogens is 328 g/mol. The molecule has 2 aromatic rings. The first-order valence-electron chi connectivity index (χ1n) is 6.07. The van der Waals surface area contributed by atoms with Crippen molar-refractivity contribution in [3.05, 3.63) is 34.4 Å². The predicted octanol–water partition coefficient (Wildman–Crippen LogP) is 1.04. The molecule has 0 aliphatic rings. The standard InChI is InChI=1S/C14H8O10/c15-4-2-1-3-5(10(4)16)7(12(19)20)9(14(23)24)8(13(21)22)6(3)11(17)18/h1-2,15-16H,(H,17,18)(H,19,20)(H,21,22)(H,23,24). The number of hydrogen-bond donors (Lipinski definition) is 6. The van der Waals surface area contributed by atoms with Gasteiger partial charge in [-0.05, 0) is 12.1 Å². The fraction of sp³-hybridized carbons (Fsp3) is 0. The minimum atomic E-state index is -2.02. The molecule has 2 aromatic carbocycles. The Labute approximate surface area is 131 Å². The van der Waals surface area contributed by atoms with E-state index in [9.17, 15) is 49.8 Å². The lowest BCUT2D eigenvalue weighted by Gasteiger charge is -2.15. The van der Waals surface area contributed by atoms with Crippen LogP contribution < -0.4 is 0 Å². The van der Waals surface area contributed by atoms with Gasteiger partial charge in [-0.2, -0.15) is 0 Å². The highest BCUT2D eigenvalue weighted by Crippen LogP contribution is 2.40. The van der Waals surface area contributed by atoms with Crippen LogP contribution in [0.4, 0.5) is 0 Å². The molecule has 0 unspecified atom stereocenters. The van der Waals surface area contributed by atoms with E-state index >= 15 is 0 Å². The maximum atomic E-state index is 11.5. The number of benzene rings is 2. The molecule has 10 heteroatoms. The zero-order chi connectivity index (χ0) is 18.3. The zero-order valence-electron chi connectivity index (χ0n) is 11.5. The Morgan fingerprint density at radius 2 is 1.04 bits per heavy atom. The molecule has 0 bridgehead atoms. The van der Waals surface area contributed by atoms with Crippen molar-refractivity contribution in [3.8, 4) is 11.5 Å². The predicted molar refractivity (Wildman–Crippen MR) is 75.1 cm³/mol. The van der Waals surface area contributed by atoms with Crippen LogP contribution in [0.15, 0.2) is 12.1 Å². The van der Waals surface area contributed by atoms with Crippen molar-refractivity contribution in [2.45, 2.75) is 0 Å². The molecule has 0 aliphatic heterocycles. The highest BCUT2D eigenvalue weighted by atomic mass is 16.4. The second-order valence-electron chi connectivity index (χ2n) is 4.58. The first-order chi connectivity index (χ1) is 11.1. The summed E-state index contributed by atoms with van der Waals surface area (Å²) in [6, 6.07) is 1.69. The van der Waals surface area contributed by atoms with Crippen molar-refractivity contribution in [1.82, 2.24) is 0 Å². The fourth-order valence-electron chi connectivity index (χ4n) is 2.41. The van der Waals surface area contributed by atoms with Crippen molar-refractivity contribution < 1.29 is 49.8 Å². The van der Waals surface area contributed by atoms with E-state index in [1.807, 2.05) is 0 Å². The van der Waals surface area contributed by atoms with Crippen LogP contribution in [0.5, 0.6) is 11.5 Å². The number of hydrogen-bond acceptors (Lipinski definition) is 6. The molecule has 0 saturated heterocycles. The third-order valence-electron chi connectivity index (χ3n) is 3.28. The van der Waals surface area contributed by atoms with Gasteiger partial charge in [-0.25, -0.2) is 19.2 Å². The zero-order valence-corrected chi connectivity index (χ0v) is 11.5. The van der Waals surface area contributed by atoms with Gasteiger partial charge in [0, 0.05) is 10.8 Å². The Morgan fingerprint density at radius 3 is 1.46 bits per heavy atom. The first-order valence-corrected chi connectivity index (χ1v) is 6.07. The van der Waals surface area contributed by atoms with E-state index in [1.54, 1.807) is 0 Å². The molecule has 0 heterocycles. The van der Waals surface area contributed by atoms with Gasteiger partial charge in [-0.3, -0.25) is 0 Å². The van der Waals surface area contributed by atoms with E-state index in [1.165, 1.54) is 0 Å². The van der Waals surface area contributed by atoms with Crippen molar-refractivity contribution >= 4 is 34.6 Å². The Bertz CT molecular complexity index is 941. The average Bonchev–Trinajstić information content (AvgIpc) is 2.47. The second kappa shape index (κ2) is 5.43. The number of carboxylic acid groups (broad SMARTS) is 4. The van der Waals surface area contributed by atoms with Gasteiger partial charge in [0.1, 0.15) is 0 Å². The Balaban J connectivity index is 3.36. The minimum Gasteiger partial charge on any atom is -0.504 e. The van der Waals surface area contributed by atoms with Gasteiger partial charge in [0.15, 0.2) is 11.5 Å². The number of carbonyl (C=O) groups is 4. The normalized spacial score (nSPS) is 10.5. The molecule has 124 valence electrons. The van der Waals surface area contributed by atoms with Gasteiger partial charge >= 0.3 is 23.9 Å². The van der Waals surface area contributed by atoms with E-state index in [0.29, 0.717) is 0 Å². The number of aromatic hydroxyl groups is 2.